The van der Waals surface area contributed by atoms with Crippen molar-refractivity contribution < 1.29 is 0 Å². The van der Waals surface area contributed by atoms with Crippen LogP contribution in [0.4, 0.5) is 5.82 Å². The molecule has 0 unspecified atom stereocenters. The van der Waals surface area contributed by atoms with Crippen LogP contribution in [0.2, 0.25) is 0 Å². The van der Waals surface area contributed by atoms with E-state index in [0.717, 1.165) is 44.0 Å². The van der Waals surface area contributed by atoms with Crippen molar-refractivity contribution in [3.63, 3.8) is 0 Å². The van der Waals surface area contributed by atoms with Gasteiger partial charge in [-0.25, -0.2) is 4.98 Å². The lowest BCUT2D eigenvalue weighted by atomic mass is 10.1. The number of nitrogens with one attached hydrogen (secondary N) is 1. The fraction of sp³-hybridized carbons (Fsp3) is 0.562. The van der Waals surface area contributed by atoms with Gasteiger partial charge in [-0.3, -0.25) is 14.6 Å². The van der Waals surface area contributed by atoms with Gasteiger partial charge in [0.2, 0.25) is 0 Å². The topological polar surface area (TPSA) is 58.9 Å². The van der Waals surface area contributed by atoms with E-state index < -0.39 is 0 Å². The molecule has 2 aromatic heterocycles. The summed E-state index contributed by atoms with van der Waals surface area (Å²) in [6, 6.07) is 0.357. The van der Waals surface area contributed by atoms with Crippen LogP contribution in [-0.4, -0.2) is 38.2 Å². The zero-order valence-electron chi connectivity index (χ0n) is 13.4. The predicted molar refractivity (Wildman–Crippen MR) is 86.5 cm³/mol. The Morgan fingerprint density at radius 3 is 3.05 bits per heavy atom. The summed E-state index contributed by atoms with van der Waals surface area (Å²) in [5.74, 6) is 0.833. The second kappa shape index (κ2) is 6.87. The third kappa shape index (κ3) is 3.27. The molecule has 6 heteroatoms. The highest BCUT2D eigenvalue weighted by Gasteiger charge is 2.27. The highest BCUT2D eigenvalue weighted by atomic mass is 15.3. The average molecular weight is 300 g/mol. The van der Waals surface area contributed by atoms with Gasteiger partial charge in [-0.1, -0.05) is 6.92 Å². The van der Waals surface area contributed by atoms with Crippen molar-refractivity contribution in [2.75, 3.05) is 18.9 Å². The highest BCUT2D eigenvalue weighted by molar-refractivity contribution is 5.31. The van der Waals surface area contributed by atoms with Gasteiger partial charge < -0.3 is 5.32 Å². The summed E-state index contributed by atoms with van der Waals surface area (Å²) in [7, 11) is 1.88. The molecular weight excluding hydrogens is 276 g/mol. The SMILES string of the molecule is CCCn1cc(CN2CCC[C@H]2c2cncc(NC)n2)cn1. The summed E-state index contributed by atoms with van der Waals surface area (Å²) in [6.45, 7) is 5.19. The summed E-state index contributed by atoms with van der Waals surface area (Å²) < 4.78 is 2.03. The minimum absolute atomic E-state index is 0.357. The molecule has 1 aliphatic heterocycles. The van der Waals surface area contributed by atoms with E-state index in [1.807, 2.05) is 24.1 Å². The molecule has 1 N–H and O–H groups in total. The van der Waals surface area contributed by atoms with Crippen molar-refractivity contribution in [2.45, 2.75) is 45.3 Å². The van der Waals surface area contributed by atoms with E-state index >= 15 is 0 Å². The van der Waals surface area contributed by atoms with E-state index in [2.05, 4.69) is 38.4 Å². The first-order chi connectivity index (χ1) is 10.8. The molecule has 0 spiro atoms. The first kappa shape index (κ1) is 15.0. The van der Waals surface area contributed by atoms with E-state index in [-0.39, 0.29) is 0 Å². The molecule has 3 rings (SSSR count). The Morgan fingerprint density at radius 1 is 1.32 bits per heavy atom. The van der Waals surface area contributed by atoms with E-state index in [9.17, 15) is 0 Å². The molecule has 1 atom stereocenters. The fourth-order valence-electron chi connectivity index (χ4n) is 3.09. The third-order valence-corrected chi connectivity index (χ3v) is 4.14. The quantitative estimate of drug-likeness (QED) is 0.888. The van der Waals surface area contributed by atoms with Crippen molar-refractivity contribution in [2.24, 2.45) is 0 Å². The second-order valence-electron chi connectivity index (χ2n) is 5.82. The molecule has 1 aliphatic rings. The van der Waals surface area contributed by atoms with Gasteiger partial charge in [0.05, 0.1) is 30.3 Å². The van der Waals surface area contributed by atoms with Crippen LogP contribution >= 0.6 is 0 Å². The van der Waals surface area contributed by atoms with Gasteiger partial charge in [-0.15, -0.1) is 0 Å². The summed E-state index contributed by atoms with van der Waals surface area (Å²) in [4.78, 5) is 11.4. The summed E-state index contributed by atoms with van der Waals surface area (Å²) >= 11 is 0. The number of likely N-dealkylation sites (tertiary alicyclic amines) is 1. The number of rotatable bonds is 6. The Kier molecular flexibility index (Phi) is 4.68. The van der Waals surface area contributed by atoms with Crippen LogP contribution in [0.25, 0.3) is 0 Å². The largest absolute Gasteiger partial charge is 0.372 e. The molecule has 0 aromatic carbocycles. The molecule has 6 nitrogen and oxygen atoms in total. The predicted octanol–water partition coefficient (Wildman–Crippen LogP) is 2.46. The number of aromatic nitrogens is 4. The molecule has 0 bridgehead atoms. The molecule has 118 valence electrons. The number of nitrogens with zero attached hydrogens (tertiary/aromatic N) is 5. The van der Waals surface area contributed by atoms with Crippen molar-refractivity contribution in [3.05, 3.63) is 36.0 Å². The van der Waals surface area contributed by atoms with Crippen molar-refractivity contribution in [1.29, 1.82) is 0 Å². The highest BCUT2D eigenvalue weighted by Crippen LogP contribution is 2.32. The number of hydrogen-bond donors (Lipinski definition) is 1. The van der Waals surface area contributed by atoms with E-state index in [1.54, 1.807) is 6.20 Å². The molecule has 0 amide bonds. The molecule has 2 aromatic rings. The molecule has 0 saturated carbocycles. The zero-order valence-corrected chi connectivity index (χ0v) is 13.4. The Balaban J connectivity index is 1.72. The standard InChI is InChI=1S/C16H24N6/c1-3-6-22-12-13(8-19-22)11-21-7-4-5-15(21)14-9-18-10-16(17-2)20-14/h8-10,12,15H,3-7,11H2,1-2H3,(H,17,20)/t15-/m0/s1. The molecular formula is C16H24N6. The van der Waals surface area contributed by atoms with Crippen LogP contribution in [-0.2, 0) is 13.1 Å². The van der Waals surface area contributed by atoms with Gasteiger partial charge in [0.1, 0.15) is 5.82 Å². The number of hydrogen-bond acceptors (Lipinski definition) is 5. The van der Waals surface area contributed by atoms with Gasteiger partial charge in [0.15, 0.2) is 0 Å². The normalized spacial score (nSPS) is 18.7. The molecule has 3 heterocycles. The first-order valence-electron chi connectivity index (χ1n) is 8.05. The minimum atomic E-state index is 0.357. The second-order valence-corrected chi connectivity index (χ2v) is 5.82. The number of anilines is 1. The van der Waals surface area contributed by atoms with Crippen LogP contribution in [0.1, 0.15) is 43.5 Å². The Bertz CT molecular complexity index is 608. The zero-order chi connectivity index (χ0) is 15.4. The van der Waals surface area contributed by atoms with Crippen LogP contribution in [0.3, 0.4) is 0 Å². The Labute approximate surface area is 131 Å². The van der Waals surface area contributed by atoms with Crippen LogP contribution in [0.15, 0.2) is 24.8 Å². The molecule has 1 saturated heterocycles. The molecule has 22 heavy (non-hydrogen) atoms. The summed E-state index contributed by atoms with van der Waals surface area (Å²) in [5, 5.41) is 7.49. The average Bonchev–Trinajstić information content (AvgIpc) is 3.18. The monoisotopic (exact) mass is 300 g/mol. The fourth-order valence-corrected chi connectivity index (χ4v) is 3.09. The lowest BCUT2D eigenvalue weighted by molar-refractivity contribution is 0.244. The lowest BCUT2D eigenvalue weighted by Gasteiger charge is -2.23. The van der Waals surface area contributed by atoms with Gasteiger partial charge in [-0.2, -0.15) is 5.10 Å². The molecule has 0 aliphatic carbocycles. The molecule has 0 radical (unpaired) electrons. The minimum Gasteiger partial charge on any atom is -0.372 e. The van der Waals surface area contributed by atoms with Crippen molar-refractivity contribution >= 4 is 5.82 Å². The third-order valence-electron chi connectivity index (χ3n) is 4.14. The Morgan fingerprint density at radius 2 is 2.23 bits per heavy atom. The van der Waals surface area contributed by atoms with Crippen molar-refractivity contribution in [1.82, 2.24) is 24.6 Å². The molecule has 1 fully saturated rings. The summed E-state index contributed by atoms with van der Waals surface area (Å²) in [6.07, 6.45) is 11.3. The van der Waals surface area contributed by atoms with Crippen LogP contribution in [0.5, 0.6) is 0 Å². The van der Waals surface area contributed by atoms with Crippen LogP contribution in [0, 0.1) is 0 Å². The van der Waals surface area contributed by atoms with Crippen LogP contribution < -0.4 is 5.32 Å². The van der Waals surface area contributed by atoms with Gasteiger partial charge in [0, 0.05) is 31.9 Å². The van der Waals surface area contributed by atoms with Gasteiger partial charge in [0.25, 0.3) is 0 Å². The van der Waals surface area contributed by atoms with Gasteiger partial charge in [-0.05, 0) is 25.8 Å². The summed E-state index contributed by atoms with van der Waals surface area (Å²) in [5.41, 5.74) is 2.34. The number of aryl methyl sites for hydroxylation is 1. The maximum absolute atomic E-state index is 4.66. The first-order valence-corrected chi connectivity index (χ1v) is 8.05. The maximum Gasteiger partial charge on any atom is 0.144 e. The van der Waals surface area contributed by atoms with E-state index in [0.29, 0.717) is 6.04 Å². The maximum atomic E-state index is 4.66. The van der Waals surface area contributed by atoms with Crippen molar-refractivity contribution in [3.8, 4) is 0 Å². The lowest BCUT2D eigenvalue weighted by Crippen LogP contribution is -2.23. The van der Waals surface area contributed by atoms with Gasteiger partial charge >= 0.3 is 0 Å². The smallest absolute Gasteiger partial charge is 0.144 e. The Hall–Kier alpha value is -1.95. The van der Waals surface area contributed by atoms with E-state index in [4.69, 9.17) is 0 Å². The van der Waals surface area contributed by atoms with E-state index in [1.165, 1.54) is 12.0 Å².